The summed E-state index contributed by atoms with van der Waals surface area (Å²) in [5, 5.41) is 17.1. The third-order valence-corrected chi connectivity index (χ3v) is 2.52. The number of aliphatic hydroxyl groups excluding tert-OH is 1. The van der Waals surface area contributed by atoms with Crippen molar-refractivity contribution in [3.05, 3.63) is 59.2 Å². The van der Waals surface area contributed by atoms with E-state index in [4.69, 9.17) is 21.7 Å². The third-order valence-electron chi connectivity index (χ3n) is 2.52. The van der Waals surface area contributed by atoms with Crippen molar-refractivity contribution in [3.8, 4) is 0 Å². The first-order valence-electron chi connectivity index (χ1n) is 5.78. The second-order valence-corrected chi connectivity index (χ2v) is 4.04. The fourth-order valence-corrected chi connectivity index (χ4v) is 1.44. The maximum absolute atomic E-state index is 12.3. The van der Waals surface area contributed by atoms with Crippen molar-refractivity contribution in [3.63, 3.8) is 0 Å². The van der Waals surface area contributed by atoms with Crippen LogP contribution in [0.1, 0.15) is 15.9 Å². The number of carboxylic acid groups (broad SMARTS) is 1. The molecule has 0 atom stereocenters. The highest BCUT2D eigenvalue weighted by molar-refractivity contribution is 5.93. The zero-order valence-corrected chi connectivity index (χ0v) is 10.9. The number of carbonyl (C=O) groups is 1. The molecule has 7 heteroatoms. The molecule has 2 aromatic rings. The molecule has 0 heterocycles. The van der Waals surface area contributed by atoms with Crippen molar-refractivity contribution in [2.45, 2.75) is 6.61 Å². The summed E-state index contributed by atoms with van der Waals surface area (Å²) in [5.74, 6) is -2.07. The number of carboxylic acids is 1. The number of hydrogen-bond acceptors (Lipinski definition) is 4. The molecule has 0 fully saturated rings. The quantitative estimate of drug-likeness (QED) is 0.634. The largest absolute Gasteiger partial charge is 0.478 e. The molecular weight excluding hydrogens is 282 g/mol. The van der Waals surface area contributed by atoms with Crippen LogP contribution in [0, 0.1) is 11.6 Å². The first-order chi connectivity index (χ1) is 9.85. The topological polar surface area (TPSA) is 110 Å². The molecular formula is C14H14F2N2O3. The molecule has 0 radical (unpaired) electrons. The van der Waals surface area contributed by atoms with Gasteiger partial charge in [0.2, 0.25) is 0 Å². The van der Waals surface area contributed by atoms with Crippen LogP contribution >= 0.6 is 0 Å². The van der Waals surface area contributed by atoms with E-state index in [1.165, 1.54) is 18.2 Å². The van der Waals surface area contributed by atoms with Crippen molar-refractivity contribution in [2.24, 2.45) is 0 Å². The molecule has 2 aromatic carbocycles. The van der Waals surface area contributed by atoms with Crippen LogP contribution < -0.4 is 11.5 Å². The minimum Gasteiger partial charge on any atom is -0.478 e. The van der Waals surface area contributed by atoms with Crippen LogP contribution in [0.5, 0.6) is 0 Å². The lowest BCUT2D eigenvalue weighted by molar-refractivity contribution is 0.0698. The lowest BCUT2D eigenvalue weighted by Crippen LogP contribution is -2.02. The highest BCUT2D eigenvalue weighted by Crippen LogP contribution is 2.13. The van der Waals surface area contributed by atoms with Gasteiger partial charge in [-0.1, -0.05) is 6.07 Å². The fourth-order valence-electron chi connectivity index (χ4n) is 1.44. The Hall–Kier alpha value is -2.67. The highest BCUT2D eigenvalue weighted by atomic mass is 19.1. The number of hydrogen-bond donors (Lipinski definition) is 4. The molecule has 112 valence electrons. The second kappa shape index (κ2) is 7.20. The van der Waals surface area contributed by atoms with E-state index in [-0.39, 0.29) is 23.7 Å². The maximum Gasteiger partial charge on any atom is 0.337 e. The molecule has 0 aliphatic carbocycles. The molecule has 0 saturated heterocycles. The molecule has 0 aliphatic heterocycles. The summed E-state index contributed by atoms with van der Waals surface area (Å²) in [7, 11) is 0. The molecule has 21 heavy (non-hydrogen) atoms. The SMILES string of the molecule is Nc1cc(F)ccc1C(=O)O.Nc1cc(F)ccc1CO. The average molecular weight is 296 g/mol. The fraction of sp³-hybridized carbons (Fsp3) is 0.0714. The molecule has 0 aromatic heterocycles. The number of benzene rings is 2. The van der Waals surface area contributed by atoms with Gasteiger partial charge in [0.05, 0.1) is 12.2 Å². The molecule has 6 N–H and O–H groups in total. The average Bonchev–Trinajstić information content (AvgIpc) is 2.39. The monoisotopic (exact) mass is 296 g/mol. The summed E-state index contributed by atoms with van der Waals surface area (Å²) < 4.78 is 24.7. The lowest BCUT2D eigenvalue weighted by Gasteiger charge is -1.99. The van der Waals surface area contributed by atoms with Crippen LogP contribution in [-0.4, -0.2) is 16.2 Å². The molecule has 2 rings (SSSR count). The Labute approximate surface area is 119 Å². The number of nitrogens with two attached hydrogens (primary N) is 2. The third kappa shape index (κ3) is 4.73. The smallest absolute Gasteiger partial charge is 0.337 e. The number of halogens is 2. The first kappa shape index (κ1) is 16.4. The first-order valence-corrected chi connectivity index (χ1v) is 5.78. The molecule has 0 unspecified atom stereocenters. The van der Waals surface area contributed by atoms with E-state index in [9.17, 15) is 13.6 Å². The molecule has 5 nitrogen and oxygen atoms in total. The molecule has 0 saturated carbocycles. The molecule has 0 aliphatic rings. The highest BCUT2D eigenvalue weighted by Gasteiger charge is 2.06. The van der Waals surface area contributed by atoms with Crippen LogP contribution in [0.25, 0.3) is 0 Å². The summed E-state index contributed by atoms with van der Waals surface area (Å²) in [6.07, 6.45) is 0. The van der Waals surface area contributed by atoms with E-state index in [0.29, 0.717) is 11.3 Å². The number of nitrogen functional groups attached to an aromatic ring is 2. The van der Waals surface area contributed by atoms with Crippen LogP contribution in [0.3, 0.4) is 0 Å². The molecule has 0 bridgehead atoms. The Morgan fingerprint density at radius 2 is 1.52 bits per heavy atom. The Morgan fingerprint density at radius 3 is 1.95 bits per heavy atom. The summed E-state index contributed by atoms with van der Waals surface area (Å²) in [6, 6.07) is 7.08. The summed E-state index contributed by atoms with van der Waals surface area (Å²) in [4.78, 5) is 10.3. The van der Waals surface area contributed by atoms with E-state index in [2.05, 4.69) is 0 Å². The Morgan fingerprint density at radius 1 is 1.00 bits per heavy atom. The van der Waals surface area contributed by atoms with Crippen molar-refractivity contribution in [2.75, 3.05) is 11.5 Å². The standard InChI is InChI=1S/C7H6FNO2.C7H8FNO/c8-4-1-2-5(7(10)11)6(9)3-4;8-6-2-1-5(4-10)7(9)3-6/h1-3H,9H2,(H,10,11);1-3,10H,4,9H2. The Kier molecular flexibility index (Phi) is 5.62. The number of anilines is 2. The predicted molar refractivity (Wildman–Crippen MR) is 74.5 cm³/mol. The summed E-state index contributed by atoms with van der Waals surface area (Å²) >= 11 is 0. The number of rotatable bonds is 2. The minimum absolute atomic E-state index is 0.0579. The van der Waals surface area contributed by atoms with Crippen LogP contribution in [0.4, 0.5) is 20.2 Å². The van der Waals surface area contributed by atoms with Crippen LogP contribution in [0.2, 0.25) is 0 Å². The van der Waals surface area contributed by atoms with Gasteiger partial charge in [0.25, 0.3) is 0 Å². The number of aromatic carboxylic acids is 1. The lowest BCUT2D eigenvalue weighted by atomic mass is 10.2. The van der Waals surface area contributed by atoms with Gasteiger partial charge in [0.15, 0.2) is 0 Å². The van der Waals surface area contributed by atoms with Crippen molar-refractivity contribution in [1.29, 1.82) is 0 Å². The van der Waals surface area contributed by atoms with E-state index in [1.807, 2.05) is 0 Å². The van der Waals surface area contributed by atoms with Gasteiger partial charge in [-0.25, -0.2) is 13.6 Å². The van der Waals surface area contributed by atoms with Gasteiger partial charge >= 0.3 is 5.97 Å². The van der Waals surface area contributed by atoms with Gasteiger partial charge in [0.1, 0.15) is 11.6 Å². The summed E-state index contributed by atoms with van der Waals surface area (Å²) in [6.45, 7) is -0.147. The summed E-state index contributed by atoms with van der Waals surface area (Å²) in [5.41, 5.74) is 11.2. The zero-order valence-electron chi connectivity index (χ0n) is 10.9. The van der Waals surface area contributed by atoms with Gasteiger partial charge in [-0.15, -0.1) is 0 Å². The molecule has 0 spiro atoms. The Balaban J connectivity index is 0.000000211. The van der Waals surface area contributed by atoms with E-state index < -0.39 is 11.8 Å². The van der Waals surface area contributed by atoms with Crippen molar-refractivity contribution in [1.82, 2.24) is 0 Å². The van der Waals surface area contributed by atoms with Gasteiger partial charge in [-0.05, 0) is 30.3 Å². The molecule has 0 amide bonds. The Bertz CT molecular complexity index is 648. The maximum atomic E-state index is 12.3. The predicted octanol–water partition coefficient (Wildman–Crippen LogP) is 2.01. The zero-order chi connectivity index (χ0) is 16.0. The van der Waals surface area contributed by atoms with Crippen molar-refractivity contribution < 1.29 is 23.8 Å². The van der Waals surface area contributed by atoms with Crippen molar-refractivity contribution >= 4 is 17.3 Å². The normalized spacial score (nSPS) is 9.67. The van der Waals surface area contributed by atoms with Gasteiger partial charge in [-0.3, -0.25) is 0 Å². The van der Waals surface area contributed by atoms with Gasteiger partial charge < -0.3 is 21.7 Å². The van der Waals surface area contributed by atoms with Gasteiger partial charge in [-0.2, -0.15) is 0 Å². The van der Waals surface area contributed by atoms with E-state index in [0.717, 1.165) is 18.2 Å². The van der Waals surface area contributed by atoms with E-state index >= 15 is 0 Å². The van der Waals surface area contributed by atoms with Crippen LogP contribution in [-0.2, 0) is 6.61 Å². The van der Waals surface area contributed by atoms with Crippen LogP contribution in [0.15, 0.2) is 36.4 Å². The second-order valence-electron chi connectivity index (χ2n) is 4.04. The number of aliphatic hydroxyl groups is 1. The van der Waals surface area contributed by atoms with E-state index in [1.54, 1.807) is 0 Å². The minimum atomic E-state index is -1.15. The van der Waals surface area contributed by atoms with Gasteiger partial charge in [0, 0.05) is 16.9 Å².